The highest BCUT2D eigenvalue weighted by Crippen LogP contribution is 2.35. The number of rotatable bonds is 5. The van der Waals surface area contributed by atoms with Crippen LogP contribution in [0.3, 0.4) is 0 Å². The number of nitrogens with one attached hydrogen (secondary N) is 1. The Morgan fingerprint density at radius 1 is 1.41 bits per heavy atom. The topological polar surface area (TPSA) is 33.1 Å². The van der Waals surface area contributed by atoms with Crippen LogP contribution in [0.15, 0.2) is 12.4 Å². The second kappa shape index (κ2) is 5.08. The normalized spacial score (nSPS) is 18.8. The molecular formula is C13H24N4. The van der Waals surface area contributed by atoms with Crippen LogP contribution in [-0.2, 0) is 6.54 Å². The molecule has 1 aromatic rings. The van der Waals surface area contributed by atoms with Crippen LogP contribution >= 0.6 is 0 Å². The molecule has 0 unspecified atom stereocenters. The molecule has 0 radical (unpaired) electrons. The minimum atomic E-state index is 0.324. The van der Waals surface area contributed by atoms with Crippen molar-refractivity contribution in [2.24, 2.45) is 0 Å². The fraction of sp³-hybridized carbons (Fsp3) is 0.769. The van der Waals surface area contributed by atoms with Gasteiger partial charge in [0.1, 0.15) is 0 Å². The van der Waals surface area contributed by atoms with Gasteiger partial charge in [-0.3, -0.25) is 0 Å². The molecule has 0 aliphatic heterocycles. The summed E-state index contributed by atoms with van der Waals surface area (Å²) < 4.78 is 2.26. The number of imidazole rings is 1. The summed E-state index contributed by atoms with van der Waals surface area (Å²) >= 11 is 0. The smallest absolute Gasteiger partial charge is 0.202 e. The molecule has 0 bridgehead atoms. The number of anilines is 1. The van der Waals surface area contributed by atoms with E-state index in [2.05, 4.69) is 47.0 Å². The minimum Gasteiger partial charge on any atom is -0.356 e. The van der Waals surface area contributed by atoms with Gasteiger partial charge in [0, 0.05) is 31.0 Å². The van der Waals surface area contributed by atoms with Gasteiger partial charge in [0.25, 0.3) is 0 Å². The van der Waals surface area contributed by atoms with Crippen LogP contribution in [0.2, 0.25) is 0 Å². The summed E-state index contributed by atoms with van der Waals surface area (Å²) in [4.78, 5) is 6.77. The van der Waals surface area contributed by atoms with Crippen molar-refractivity contribution in [1.29, 1.82) is 0 Å². The van der Waals surface area contributed by atoms with Gasteiger partial charge in [-0.1, -0.05) is 12.8 Å². The maximum Gasteiger partial charge on any atom is 0.202 e. The fourth-order valence-corrected chi connectivity index (χ4v) is 2.86. The zero-order valence-corrected chi connectivity index (χ0v) is 11.2. The summed E-state index contributed by atoms with van der Waals surface area (Å²) in [6, 6.07) is 0. The Labute approximate surface area is 104 Å². The summed E-state index contributed by atoms with van der Waals surface area (Å²) in [7, 11) is 4.41. The molecule has 0 aromatic carbocycles. The van der Waals surface area contributed by atoms with Crippen LogP contribution in [0, 0.1) is 0 Å². The Morgan fingerprint density at radius 3 is 2.71 bits per heavy atom. The molecule has 1 saturated carbocycles. The predicted molar refractivity (Wildman–Crippen MR) is 71.3 cm³/mol. The maximum atomic E-state index is 4.37. The largest absolute Gasteiger partial charge is 0.356 e. The third-order valence-electron chi connectivity index (χ3n) is 4.00. The summed E-state index contributed by atoms with van der Waals surface area (Å²) in [5.41, 5.74) is 0.324. The molecule has 1 aromatic heterocycles. The molecule has 1 heterocycles. The predicted octanol–water partition coefficient (Wildman–Crippen LogP) is 2.19. The Balaban J connectivity index is 2.14. The Kier molecular flexibility index (Phi) is 3.72. The number of hydrogen-bond acceptors (Lipinski definition) is 3. The van der Waals surface area contributed by atoms with Gasteiger partial charge in [-0.2, -0.15) is 0 Å². The van der Waals surface area contributed by atoms with Crippen LogP contribution in [0.4, 0.5) is 5.95 Å². The van der Waals surface area contributed by atoms with E-state index in [9.17, 15) is 0 Å². The average molecular weight is 236 g/mol. The molecule has 2 rings (SSSR count). The summed E-state index contributed by atoms with van der Waals surface area (Å²) in [5, 5.41) is 3.32. The lowest BCUT2D eigenvalue weighted by Gasteiger charge is -2.37. The summed E-state index contributed by atoms with van der Waals surface area (Å²) in [6.07, 6.45) is 9.26. The second-order valence-corrected chi connectivity index (χ2v) is 5.23. The maximum absolute atomic E-state index is 4.37. The molecule has 1 fully saturated rings. The molecule has 0 saturated heterocycles. The van der Waals surface area contributed by atoms with Crippen molar-refractivity contribution in [3.05, 3.63) is 12.4 Å². The standard InChI is InChI=1S/C13H24N4/c1-4-14-12-15-9-10-17(12)11-13(16(2)3)7-5-6-8-13/h9-10H,4-8,11H2,1-3H3,(H,14,15). The van der Waals surface area contributed by atoms with Crippen molar-refractivity contribution in [1.82, 2.24) is 14.5 Å². The molecule has 1 N–H and O–H groups in total. The minimum absolute atomic E-state index is 0.324. The zero-order valence-electron chi connectivity index (χ0n) is 11.2. The SMILES string of the molecule is CCNc1nccn1CC1(N(C)C)CCCC1. The average Bonchev–Trinajstić information content (AvgIpc) is 2.91. The van der Waals surface area contributed by atoms with Crippen molar-refractivity contribution in [2.75, 3.05) is 26.0 Å². The van der Waals surface area contributed by atoms with E-state index >= 15 is 0 Å². The Hall–Kier alpha value is -1.03. The van der Waals surface area contributed by atoms with E-state index < -0.39 is 0 Å². The van der Waals surface area contributed by atoms with Crippen molar-refractivity contribution in [2.45, 2.75) is 44.7 Å². The van der Waals surface area contributed by atoms with Crippen LogP contribution < -0.4 is 5.32 Å². The Morgan fingerprint density at radius 2 is 2.12 bits per heavy atom. The molecule has 0 atom stereocenters. The molecular weight excluding hydrogens is 212 g/mol. The number of aromatic nitrogens is 2. The first-order valence-corrected chi connectivity index (χ1v) is 6.60. The quantitative estimate of drug-likeness (QED) is 0.850. The van der Waals surface area contributed by atoms with E-state index in [1.165, 1.54) is 25.7 Å². The molecule has 4 nitrogen and oxygen atoms in total. The number of likely N-dealkylation sites (N-methyl/N-ethyl adjacent to an activating group) is 1. The lowest BCUT2D eigenvalue weighted by atomic mass is 9.96. The fourth-order valence-electron chi connectivity index (χ4n) is 2.86. The van der Waals surface area contributed by atoms with Crippen molar-refractivity contribution in [3.63, 3.8) is 0 Å². The highest BCUT2D eigenvalue weighted by atomic mass is 15.2. The lowest BCUT2D eigenvalue weighted by Crippen LogP contribution is -2.45. The molecule has 0 spiro atoms. The van der Waals surface area contributed by atoms with E-state index in [0.29, 0.717) is 5.54 Å². The highest BCUT2D eigenvalue weighted by Gasteiger charge is 2.36. The van der Waals surface area contributed by atoms with E-state index in [1.54, 1.807) is 0 Å². The van der Waals surface area contributed by atoms with E-state index in [4.69, 9.17) is 0 Å². The molecule has 0 amide bonds. The van der Waals surface area contributed by atoms with Crippen LogP contribution in [-0.4, -0.2) is 40.6 Å². The van der Waals surface area contributed by atoms with Gasteiger partial charge in [-0.25, -0.2) is 4.98 Å². The van der Waals surface area contributed by atoms with Gasteiger partial charge in [0.05, 0.1) is 0 Å². The number of nitrogens with zero attached hydrogens (tertiary/aromatic N) is 3. The van der Waals surface area contributed by atoms with E-state index in [1.807, 2.05) is 6.20 Å². The highest BCUT2D eigenvalue weighted by molar-refractivity contribution is 5.25. The van der Waals surface area contributed by atoms with Crippen LogP contribution in [0.1, 0.15) is 32.6 Å². The first kappa shape index (κ1) is 12.4. The van der Waals surface area contributed by atoms with Crippen molar-refractivity contribution < 1.29 is 0 Å². The molecule has 1 aliphatic rings. The molecule has 4 heteroatoms. The van der Waals surface area contributed by atoms with Crippen molar-refractivity contribution in [3.8, 4) is 0 Å². The first-order chi connectivity index (χ1) is 8.18. The van der Waals surface area contributed by atoms with Gasteiger partial charge >= 0.3 is 0 Å². The molecule has 1 aliphatic carbocycles. The lowest BCUT2D eigenvalue weighted by molar-refractivity contribution is 0.134. The van der Waals surface area contributed by atoms with E-state index in [-0.39, 0.29) is 0 Å². The van der Waals surface area contributed by atoms with Gasteiger partial charge in [-0.15, -0.1) is 0 Å². The third kappa shape index (κ3) is 2.46. The van der Waals surface area contributed by atoms with E-state index in [0.717, 1.165) is 19.0 Å². The molecule has 17 heavy (non-hydrogen) atoms. The van der Waals surface area contributed by atoms with Crippen LogP contribution in [0.25, 0.3) is 0 Å². The third-order valence-corrected chi connectivity index (χ3v) is 4.00. The Bertz CT molecular complexity index is 350. The van der Waals surface area contributed by atoms with Gasteiger partial charge in [0.2, 0.25) is 5.95 Å². The molecule has 96 valence electrons. The van der Waals surface area contributed by atoms with Crippen molar-refractivity contribution >= 4 is 5.95 Å². The summed E-state index contributed by atoms with van der Waals surface area (Å²) in [5.74, 6) is 1.00. The second-order valence-electron chi connectivity index (χ2n) is 5.23. The van der Waals surface area contributed by atoms with Gasteiger partial charge in [0.15, 0.2) is 0 Å². The van der Waals surface area contributed by atoms with Gasteiger partial charge in [-0.05, 0) is 33.9 Å². The van der Waals surface area contributed by atoms with Gasteiger partial charge < -0.3 is 14.8 Å². The summed E-state index contributed by atoms with van der Waals surface area (Å²) in [6.45, 7) is 4.07. The number of hydrogen-bond donors (Lipinski definition) is 1. The zero-order chi connectivity index (χ0) is 12.3. The first-order valence-electron chi connectivity index (χ1n) is 6.60. The van der Waals surface area contributed by atoms with Crippen LogP contribution in [0.5, 0.6) is 0 Å². The monoisotopic (exact) mass is 236 g/mol.